The number of nitriles is 1. The fourth-order valence-electron chi connectivity index (χ4n) is 7.59. The topological polar surface area (TPSA) is 53.0 Å². The molecule has 1 aliphatic heterocycles. The van der Waals surface area contributed by atoms with Crippen molar-refractivity contribution in [1.82, 2.24) is 0 Å². The van der Waals surface area contributed by atoms with Gasteiger partial charge in [0.1, 0.15) is 0 Å². The van der Waals surface area contributed by atoms with E-state index in [-0.39, 0.29) is 5.41 Å². The van der Waals surface area contributed by atoms with E-state index in [1.165, 1.54) is 44.8 Å². The molecule has 0 bridgehead atoms. The number of rotatable bonds is 1. The van der Waals surface area contributed by atoms with Gasteiger partial charge in [0, 0.05) is 16.8 Å². The number of benzene rings is 6. The van der Waals surface area contributed by atoms with Gasteiger partial charge in [-0.05, 0) is 105 Å². The molecule has 2 aliphatic rings. The molecule has 8 rings (SSSR count). The van der Waals surface area contributed by atoms with E-state index in [2.05, 4.69) is 140 Å². The van der Waals surface area contributed by atoms with Crippen LogP contribution in [0.2, 0.25) is 0 Å². The van der Waals surface area contributed by atoms with Crippen LogP contribution in [-0.2, 0) is 18.3 Å². The Labute approximate surface area is 264 Å². The number of aryl methyl sites for hydroxylation is 1. The summed E-state index contributed by atoms with van der Waals surface area (Å²) in [5.41, 5.74) is 22.9. The van der Waals surface area contributed by atoms with Crippen LogP contribution in [0.4, 0.5) is 22.7 Å². The van der Waals surface area contributed by atoms with E-state index in [1.54, 1.807) is 0 Å². The summed E-state index contributed by atoms with van der Waals surface area (Å²) in [6.45, 7) is 4.65. The summed E-state index contributed by atoms with van der Waals surface area (Å²) in [7, 11) is 0. The molecule has 0 unspecified atom stereocenters. The van der Waals surface area contributed by atoms with Crippen molar-refractivity contribution in [2.75, 3.05) is 10.6 Å². The molecule has 0 amide bonds. The molecule has 216 valence electrons. The van der Waals surface area contributed by atoms with Crippen molar-refractivity contribution >= 4 is 22.7 Å². The van der Waals surface area contributed by atoms with Gasteiger partial charge in [-0.1, -0.05) is 105 Å². The lowest BCUT2D eigenvalue weighted by Gasteiger charge is -2.42. The Balaban J connectivity index is 1.39. The standard InChI is InChI=1S/C42H33N3/c1-42(2)38-15-7-9-17-40(38)45(41-18-10-8-16-39(41)42)30-21-19-27-20-22-31-28(26-43)23-29(44)24-37(31)35-14-6-4-12-33(35)32-11-3-5-13-34(32)36(27)25-30/h3-19,21,23-25H,20,22,44H2,1-2H3. The summed E-state index contributed by atoms with van der Waals surface area (Å²) in [4.78, 5) is 2.43. The summed E-state index contributed by atoms with van der Waals surface area (Å²) in [5, 5.41) is 10.2. The first kappa shape index (κ1) is 27.0. The molecule has 0 saturated carbocycles. The highest BCUT2D eigenvalue weighted by Crippen LogP contribution is 2.52. The van der Waals surface area contributed by atoms with Gasteiger partial charge in [0.2, 0.25) is 0 Å². The largest absolute Gasteiger partial charge is 0.399 e. The summed E-state index contributed by atoms with van der Waals surface area (Å²) >= 11 is 0. The number of hydrogen-bond donors (Lipinski definition) is 1. The van der Waals surface area contributed by atoms with E-state index in [4.69, 9.17) is 5.73 Å². The quantitative estimate of drug-likeness (QED) is 0.197. The predicted octanol–water partition coefficient (Wildman–Crippen LogP) is 10.3. The van der Waals surface area contributed by atoms with Gasteiger partial charge < -0.3 is 10.6 Å². The van der Waals surface area contributed by atoms with E-state index < -0.39 is 0 Å². The van der Waals surface area contributed by atoms with Crippen LogP contribution in [0, 0.1) is 11.3 Å². The first-order chi connectivity index (χ1) is 22.0. The Morgan fingerprint density at radius 2 is 1.13 bits per heavy atom. The van der Waals surface area contributed by atoms with Crippen molar-refractivity contribution in [3.63, 3.8) is 0 Å². The molecular weight excluding hydrogens is 546 g/mol. The molecule has 0 saturated heterocycles. The van der Waals surface area contributed by atoms with E-state index >= 15 is 0 Å². The van der Waals surface area contributed by atoms with Crippen LogP contribution in [0.3, 0.4) is 0 Å². The molecule has 3 heteroatoms. The summed E-state index contributed by atoms with van der Waals surface area (Å²) in [6, 6.07) is 48.1. The minimum atomic E-state index is -0.116. The summed E-state index contributed by atoms with van der Waals surface area (Å²) < 4.78 is 0. The Hall–Kier alpha value is -5.59. The van der Waals surface area contributed by atoms with Crippen LogP contribution in [0.5, 0.6) is 0 Å². The highest BCUT2D eigenvalue weighted by molar-refractivity contribution is 5.96. The number of nitrogens with zero attached hydrogens (tertiary/aromatic N) is 2. The third-order valence-corrected chi connectivity index (χ3v) is 9.75. The van der Waals surface area contributed by atoms with Crippen LogP contribution in [0.1, 0.15) is 41.7 Å². The molecule has 6 aromatic carbocycles. The van der Waals surface area contributed by atoms with Crippen molar-refractivity contribution in [2.45, 2.75) is 32.1 Å². The molecular formula is C42H33N3. The lowest BCUT2D eigenvalue weighted by atomic mass is 9.73. The van der Waals surface area contributed by atoms with E-state index in [9.17, 15) is 5.26 Å². The normalized spacial score (nSPS) is 14.0. The molecule has 1 heterocycles. The van der Waals surface area contributed by atoms with Crippen LogP contribution in [-0.4, -0.2) is 0 Å². The van der Waals surface area contributed by atoms with E-state index in [1.807, 2.05) is 12.1 Å². The minimum absolute atomic E-state index is 0.116. The van der Waals surface area contributed by atoms with Gasteiger partial charge in [-0.2, -0.15) is 5.26 Å². The highest BCUT2D eigenvalue weighted by atomic mass is 15.2. The molecule has 0 radical (unpaired) electrons. The summed E-state index contributed by atoms with van der Waals surface area (Å²) in [6.07, 6.45) is 1.54. The fourth-order valence-corrected chi connectivity index (χ4v) is 7.59. The molecule has 6 aromatic rings. The highest BCUT2D eigenvalue weighted by Gasteiger charge is 2.36. The Morgan fingerprint density at radius 1 is 0.600 bits per heavy atom. The zero-order chi connectivity index (χ0) is 30.7. The van der Waals surface area contributed by atoms with Crippen molar-refractivity contribution in [1.29, 1.82) is 5.26 Å². The van der Waals surface area contributed by atoms with Gasteiger partial charge in [-0.15, -0.1) is 0 Å². The van der Waals surface area contributed by atoms with Crippen LogP contribution in [0.15, 0.2) is 127 Å². The van der Waals surface area contributed by atoms with Gasteiger partial charge in [0.05, 0.1) is 23.0 Å². The van der Waals surface area contributed by atoms with Crippen molar-refractivity contribution in [3.8, 4) is 39.4 Å². The second-order valence-electron chi connectivity index (χ2n) is 12.6. The van der Waals surface area contributed by atoms with Crippen LogP contribution in [0.25, 0.3) is 33.4 Å². The number of hydrogen-bond acceptors (Lipinski definition) is 3. The average Bonchev–Trinajstić information content (AvgIpc) is 3.07. The minimum Gasteiger partial charge on any atom is -0.399 e. The maximum absolute atomic E-state index is 10.2. The first-order valence-electron chi connectivity index (χ1n) is 15.6. The zero-order valence-corrected chi connectivity index (χ0v) is 25.5. The lowest BCUT2D eigenvalue weighted by Crippen LogP contribution is -2.30. The monoisotopic (exact) mass is 579 g/mol. The van der Waals surface area contributed by atoms with Crippen LogP contribution >= 0.6 is 0 Å². The smallest absolute Gasteiger partial charge is 0.0995 e. The van der Waals surface area contributed by atoms with Gasteiger partial charge in [0.15, 0.2) is 0 Å². The molecule has 1 aliphatic carbocycles. The molecule has 3 nitrogen and oxygen atoms in total. The number of nitrogen functional groups attached to an aromatic ring is 1. The number of fused-ring (bicyclic) bond motifs is 9. The Kier molecular flexibility index (Phi) is 6.15. The molecule has 0 fully saturated rings. The number of anilines is 4. The third-order valence-electron chi connectivity index (χ3n) is 9.75. The van der Waals surface area contributed by atoms with Crippen LogP contribution < -0.4 is 10.6 Å². The second kappa shape index (κ2) is 10.3. The second-order valence-corrected chi connectivity index (χ2v) is 12.6. The molecule has 0 atom stereocenters. The van der Waals surface area contributed by atoms with Gasteiger partial charge >= 0.3 is 0 Å². The molecule has 45 heavy (non-hydrogen) atoms. The van der Waals surface area contributed by atoms with Crippen molar-refractivity contribution in [3.05, 3.63) is 155 Å². The maximum atomic E-state index is 10.2. The van der Waals surface area contributed by atoms with E-state index in [0.717, 1.165) is 40.8 Å². The Bertz CT molecular complexity index is 2130. The van der Waals surface area contributed by atoms with Crippen molar-refractivity contribution < 1.29 is 0 Å². The number of nitrogens with two attached hydrogens (primary N) is 1. The number of para-hydroxylation sites is 2. The molecule has 2 N–H and O–H groups in total. The summed E-state index contributed by atoms with van der Waals surface area (Å²) in [5.74, 6) is 0. The lowest BCUT2D eigenvalue weighted by molar-refractivity contribution is 0.632. The SMILES string of the molecule is CC1(C)c2ccccc2N(c2ccc3c(c2)-c2ccccc2-c2ccccc2-c2cc(N)cc(C#N)c2CC3)c2ccccc21. The average molecular weight is 580 g/mol. The maximum Gasteiger partial charge on any atom is 0.0995 e. The third kappa shape index (κ3) is 4.18. The molecule has 0 spiro atoms. The van der Waals surface area contributed by atoms with Gasteiger partial charge in [-0.25, -0.2) is 0 Å². The Morgan fingerprint density at radius 3 is 1.73 bits per heavy atom. The predicted molar refractivity (Wildman–Crippen MR) is 186 cm³/mol. The van der Waals surface area contributed by atoms with Crippen molar-refractivity contribution in [2.24, 2.45) is 0 Å². The van der Waals surface area contributed by atoms with Gasteiger partial charge in [-0.3, -0.25) is 0 Å². The zero-order valence-electron chi connectivity index (χ0n) is 25.5. The first-order valence-corrected chi connectivity index (χ1v) is 15.6. The fraction of sp³-hybridized carbons (Fsp3) is 0.119. The molecule has 0 aromatic heterocycles. The van der Waals surface area contributed by atoms with Gasteiger partial charge in [0.25, 0.3) is 0 Å². The van der Waals surface area contributed by atoms with E-state index in [0.29, 0.717) is 11.3 Å².